The van der Waals surface area contributed by atoms with Crippen LogP contribution in [0.2, 0.25) is 0 Å². The number of rotatable bonds is 5. The summed E-state index contributed by atoms with van der Waals surface area (Å²) in [6.45, 7) is 0. The van der Waals surface area contributed by atoms with Crippen LogP contribution in [0.25, 0.3) is 5.69 Å². The Balaban J connectivity index is 2.24. The molecular formula is C19H13F4N3O6. The van der Waals surface area contributed by atoms with E-state index in [1.807, 2.05) is 0 Å². The number of aromatic nitrogens is 2. The molecule has 13 heteroatoms. The fourth-order valence-corrected chi connectivity index (χ4v) is 2.84. The average Bonchev–Trinajstić information content (AvgIpc) is 2.71. The predicted octanol–water partition coefficient (Wildman–Crippen LogP) is 3.40. The molecule has 9 nitrogen and oxygen atoms in total. The summed E-state index contributed by atoms with van der Waals surface area (Å²) in [4.78, 5) is 35.1. The van der Waals surface area contributed by atoms with Gasteiger partial charge in [0.05, 0.1) is 23.8 Å². The first-order chi connectivity index (χ1) is 14.9. The second-order valence-corrected chi connectivity index (χ2v) is 6.35. The van der Waals surface area contributed by atoms with E-state index in [1.165, 1.54) is 25.3 Å². The first-order valence-electron chi connectivity index (χ1n) is 8.64. The summed E-state index contributed by atoms with van der Waals surface area (Å²) < 4.78 is 64.5. The van der Waals surface area contributed by atoms with Crippen LogP contribution >= 0.6 is 0 Å². The maximum absolute atomic E-state index is 14.6. The Bertz CT molecular complexity index is 1330. The van der Waals surface area contributed by atoms with Gasteiger partial charge in [0.1, 0.15) is 17.2 Å². The molecule has 0 radical (unpaired) electrons. The van der Waals surface area contributed by atoms with Crippen LogP contribution in [0.3, 0.4) is 0 Å². The largest absolute Gasteiger partial charge is 0.497 e. The summed E-state index contributed by atoms with van der Waals surface area (Å²) >= 11 is 0. The van der Waals surface area contributed by atoms with Gasteiger partial charge in [-0.05, 0) is 12.1 Å². The van der Waals surface area contributed by atoms with E-state index in [1.54, 1.807) is 6.07 Å². The third-order valence-corrected chi connectivity index (χ3v) is 4.35. The Morgan fingerprint density at radius 2 is 1.72 bits per heavy atom. The lowest BCUT2D eigenvalue weighted by molar-refractivity contribution is -0.385. The number of ether oxygens (including phenoxy) is 2. The van der Waals surface area contributed by atoms with Crippen LogP contribution in [0.5, 0.6) is 17.2 Å². The molecule has 3 aromatic rings. The van der Waals surface area contributed by atoms with E-state index in [9.17, 15) is 37.3 Å². The van der Waals surface area contributed by atoms with E-state index in [-0.39, 0.29) is 21.0 Å². The summed E-state index contributed by atoms with van der Waals surface area (Å²) in [6, 6.07) is 7.01. The fourth-order valence-electron chi connectivity index (χ4n) is 2.84. The fraction of sp³-hybridized carbons (Fsp3) is 0.158. The molecule has 0 bridgehead atoms. The zero-order chi connectivity index (χ0) is 23.8. The molecule has 2 aromatic carbocycles. The Morgan fingerprint density at radius 1 is 1.06 bits per heavy atom. The number of benzene rings is 2. The summed E-state index contributed by atoms with van der Waals surface area (Å²) in [5.41, 5.74) is -6.21. The van der Waals surface area contributed by atoms with Crippen molar-refractivity contribution in [2.24, 2.45) is 7.05 Å². The molecule has 0 aliphatic rings. The zero-order valence-corrected chi connectivity index (χ0v) is 16.3. The highest BCUT2D eigenvalue weighted by atomic mass is 19.4. The van der Waals surface area contributed by atoms with E-state index in [4.69, 9.17) is 9.47 Å². The molecule has 0 spiro atoms. The van der Waals surface area contributed by atoms with Crippen molar-refractivity contribution < 1.29 is 32.0 Å². The van der Waals surface area contributed by atoms with Gasteiger partial charge in [-0.15, -0.1) is 0 Å². The van der Waals surface area contributed by atoms with Gasteiger partial charge in [-0.25, -0.2) is 13.8 Å². The molecule has 168 valence electrons. The second kappa shape index (κ2) is 8.17. The standard InChI is InChI=1S/C19H13F4N3O6/c1-24-16(19(21,22)23)9-17(27)25(18(24)28)13-8-15(14(26(29)30)7-12(13)20)32-11-5-3-4-10(6-11)31-2/h3-9H,1-2H3. The van der Waals surface area contributed by atoms with Gasteiger partial charge >= 0.3 is 17.6 Å². The number of methoxy groups -OCH3 is 1. The summed E-state index contributed by atoms with van der Waals surface area (Å²) in [5, 5.41) is 11.4. The quantitative estimate of drug-likeness (QED) is 0.332. The van der Waals surface area contributed by atoms with Crippen LogP contribution in [-0.4, -0.2) is 21.2 Å². The molecule has 1 heterocycles. The molecular weight excluding hydrogens is 442 g/mol. The van der Waals surface area contributed by atoms with Crippen LogP contribution in [0.4, 0.5) is 23.2 Å². The van der Waals surface area contributed by atoms with Gasteiger partial charge in [0, 0.05) is 25.2 Å². The summed E-state index contributed by atoms with van der Waals surface area (Å²) in [6.07, 6.45) is -5.01. The van der Waals surface area contributed by atoms with Crippen LogP contribution in [-0.2, 0) is 13.2 Å². The van der Waals surface area contributed by atoms with Gasteiger partial charge in [0.25, 0.3) is 5.56 Å². The molecule has 1 aromatic heterocycles. The first kappa shape index (κ1) is 22.5. The minimum absolute atomic E-state index is 0.0395. The van der Waals surface area contributed by atoms with Crippen LogP contribution in [0.15, 0.2) is 52.1 Å². The predicted molar refractivity (Wildman–Crippen MR) is 102 cm³/mol. The Hall–Kier alpha value is -4.16. The van der Waals surface area contributed by atoms with E-state index >= 15 is 0 Å². The number of alkyl halides is 3. The van der Waals surface area contributed by atoms with Crippen molar-refractivity contribution in [2.75, 3.05) is 7.11 Å². The normalized spacial score (nSPS) is 11.3. The number of halogens is 4. The summed E-state index contributed by atoms with van der Waals surface area (Å²) in [5.74, 6) is -1.58. The van der Waals surface area contributed by atoms with E-state index in [0.29, 0.717) is 17.9 Å². The molecule has 0 N–H and O–H groups in total. The van der Waals surface area contributed by atoms with Gasteiger partial charge in [0.15, 0.2) is 5.82 Å². The molecule has 0 unspecified atom stereocenters. The highest BCUT2D eigenvalue weighted by Gasteiger charge is 2.35. The molecule has 0 aliphatic heterocycles. The lowest BCUT2D eigenvalue weighted by Gasteiger charge is -2.15. The third kappa shape index (κ3) is 4.17. The lowest BCUT2D eigenvalue weighted by atomic mass is 10.2. The van der Waals surface area contributed by atoms with Crippen LogP contribution in [0, 0.1) is 15.9 Å². The monoisotopic (exact) mass is 455 g/mol. The minimum atomic E-state index is -5.01. The Kier molecular flexibility index (Phi) is 5.75. The van der Waals surface area contributed by atoms with E-state index < -0.39 is 51.0 Å². The first-order valence-corrected chi connectivity index (χ1v) is 8.64. The van der Waals surface area contributed by atoms with Gasteiger partial charge in [-0.3, -0.25) is 19.5 Å². The van der Waals surface area contributed by atoms with Gasteiger partial charge < -0.3 is 9.47 Å². The van der Waals surface area contributed by atoms with E-state index in [2.05, 4.69) is 0 Å². The number of hydrogen-bond donors (Lipinski definition) is 0. The molecule has 3 rings (SSSR count). The van der Waals surface area contributed by atoms with Gasteiger partial charge in [-0.2, -0.15) is 13.2 Å². The minimum Gasteiger partial charge on any atom is -0.497 e. The van der Waals surface area contributed by atoms with Crippen LogP contribution in [0.1, 0.15) is 5.69 Å². The highest BCUT2D eigenvalue weighted by Crippen LogP contribution is 2.35. The third-order valence-electron chi connectivity index (χ3n) is 4.35. The number of nitro groups is 1. The molecule has 0 saturated heterocycles. The molecule has 0 atom stereocenters. The van der Waals surface area contributed by atoms with Crippen molar-refractivity contribution in [1.82, 2.24) is 9.13 Å². The number of nitrogens with zero attached hydrogens (tertiary/aromatic N) is 3. The topological polar surface area (TPSA) is 106 Å². The second-order valence-electron chi connectivity index (χ2n) is 6.35. The van der Waals surface area contributed by atoms with Crippen LogP contribution < -0.4 is 20.7 Å². The lowest BCUT2D eigenvalue weighted by Crippen LogP contribution is -2.41. The van der Waals surface area contributed by atoms with E-state index in [0.717, 1.165) is 7.05 Å². The SMILES string of the molecule is COc1cccc(Oc2cc(-n3c(=O)cc(C(F)(F)F)n(C)c3=O)c(F)cc2[N+](=O)[O-])c1. The molecule has 0 aliphatic carbocycles. The van der Waals surface area contributed by atoms with Gasteiger partial charge in [-0.1, -0.05) is 6.07 Å². The van der Waals surface area contributed by atoms with Crippen molar-refractivity contribution in [1.29, 1.82) is 0 Å². The Morgan fingerprint density at radius 3 is 2.31 bits per heavy atom. The maximum atomic E-state index is 14.6. The molecule has 0 fully saturated rings. The van der Waals surface area contributed by atoms with Crippen molar-refractivity contribution in [3.63, 3.8) is 0 Å². The smallest absolute Gasteiger partial charge is 0.431 e. The molecule has 0 amide bonds. The Labute approximate surface area is 175 Å². The van der Waals surface area contributed by atoms with Crippen molar-refractivity contribution in [3.8, 4) is 22.9 Å². The molecule has 32 heavy (non-hydrogen) atoms. The van der Waals surface area contributed by atoms with Crippen molar-refractivity contribution in [3.05, 3.63) is 84.9 Å². The molecule has 0 saturated carbocycles. The van der Waals surface area contributed by atoms with Crippen molar-refractivity contribution >= 4 is 5.69 Å². The average molecular weight is 455 g/mol. The number of nitro benzene ring substituents is 1. The highest BCUT2D eigenvalue weighted by molar-refractivity contribution is 5.55. The van der Waals surface area contributed by atoms with Gasteiger partial charge in [0.2, 0.25) is 5.75 Å². The van der Waals surface area contributed by atoms with Crippen molar-refractivity contribution in [2.45, 2.75) is 6.18 Å². The zero-order valence-electron chi connectivity index (χ0n) is 16.3. The summed E-state index contributed by atoms with van der Waals surface area (Å²) in [7, 11) is 2.11. The number of hydrogen-bond acceptors (Lipinski definition) is 6. The maximum Gasteiger partial charge on any atom is 0.431 e.